The fourth-order valence-electron chi connectivity index (χ4n) is 1.32. The van der Waals surface area contributed by atoms with Gasteiger partial charge in [-0.3, -0.25) is 14.1 Å². The quantitative estimate of drug-likeness (QED) is 0.757. The van der Waals surface area contributed by atoms with Crippen molar-refractivity contribution in [3.05, 3.63) is 28.7 Å². The number of anilines is 1. The normalized spacial score (nSPS) is 12.2. The van der Waals surface area contributed by atoms with Crippen LogP contribution in [0.1, 0.15) is 27.7 Å². The van der Waals surface area contributed by atoms with Gasteiger partial charge in [0.25, 0.3) is 0 Å². The van der Waals surface area contributed by atoms with Crippen molar-refractivity contribution >= 4 is 29.4 Å². The predicted molar refractivity (Wildman–Crippen MR) is 77.8 cm³/mol. The Labute approximate surface area is 117 Å². The zero-order valence-electron chi connectivity index (χ0n) is 11.0. The van der Waals surface area contributed by atoms with Gasteiger partial charge in [-0.15, -0.1) is 0 Å². The van der Waals surface area contributed by atoms with Gasteiger partial charge in [0.15, 0.2) is 0 Å². The van der Waals surface area contributed by atoms with Gasteiger partial charge in [-0.1, -0.05) is 15.9 Å². The number of nitrogens with one attached hydrogen (secondary N) is 1. The standard InChI is InChI=1S/C12H19BrNO3P/c1-9(2)16-18(15,17-10(3)4)14-12-7-5-11(13)6-8-12/h5-10H,1-4H3,(H,14,15). The van der Waals surface area contributed by atoms with Crippen LogP contribution in [0.15, 0.2) is 28.7 Å². The fraction of sp³-hybridized carbons (Fsp3) is 0.500. The number of rotatable bonds is 6. The Morgan fingerprint density at radius 1 is 1.06 bits per heavy atom. The van der Waals surface area contributed by atoms with E-state index in [0.29, 0.717) is 5.69 Å². The second-order valence-electron chi connectivity index (χ2n) is 4.42. The van der Waals surface area contributed by atoms with Gasteiger partial charge in [0.2, 0.25) is 0 Å². The summed E-state index contributed by atoms with van der Waals surface area (Å²) in [6.45, 7) is 7.28. The van der Waals surface area contributed by atoms with Crippen LogP contribution in [-0.4, -0.2) is 12.2 Å². The lowest BCUT2D eigenvalue weighted by Gasteiger charge is -2.23. The second kappa shape index (κ2) is 6.71. The Bertz CT molecular complexity index is 406. The van der Waals surface area contributed by atoms with Gasteiger partial charge in [0.1, 0.15) is 0 Å². The molecule has 1 rings (SSSR count). The van der Waals surface area contributed by atoms with Gasteiger partial charge in [-0.05, 0) is 52.0 Å². The first kappa shape index (κ1) is 15.7. The molecule has 1 aromatic rings. The average molecular weight is 336 g/mol. The molecule has 0 aliphatic carbocycles. The molecule has 0 atom stereocenters. The van der Waals surface area contributed by atoms with E-state index in [9.17, 15) is 4.57 Å². The van der Waals surface area contributed by atoms with Crippen molar-refractivity contribution in [3.8, 4) is 0 Å². The van der Waals surface area contributed by atoms with Crippen molar-refractivity contribution in [1.29, 1.82) is 0 Å². The SMILES string of the molecule is CC(C)OP(=O)(Nc1ccc(Br)cc1)OC(C)C. The molecule has 0 aliphatic heterocycles. The van der Waals surface area contributed by atoms with Crippen molar-refractivity contribution in [2.45, 2.75) is 39.9 Å². The molecule has 0 radical (unpaired) electrons. The highest BCUT2D eigenvalue weighted by Crippen LogP contribution is 2.50. The van der Waals surface area contributed by atoms with Crippen LogP contribution in [0, 0.1) is 0 Å². The van der Waals surface area contributed by atoms with Gasteiger partial charge in [-0.2, -0.15) is 0 Å². The molecule has 4 nitrogen and oxygen atoms in total. The summed E-state index contributed by atoms with van der Waals surface area (Å²) in [4.78, 5) is 0. The molecule has 102 valence electrons. The summed E-state index contributed by atoms with van der Waals surface area (Å²) in [5.41, 5.74) is 0.697. The zero-order chi connectivity index (χ0) is 13.8. The van der Waals surface area contributed by atoms with Crippen LogP contribution in [0.5, 0.6) is 0 Å². The van der Waals surface area contributed by atoms with E-state index in [4.69, 9.17) is 9.05 Å². The highest BCUT2D eigenvalue weighted by atomic mass is 79.9. The maximum atomic E-state index is 12.5. The van der Waals surface area contributed by atoms with Crippen LogP contribution in [-0.2, 0) is 13.6 Å². The largest absolute Gasteiger partial charge is 0.433 e. The maximum Gasteiger partial charge on any atom is 0.433 e. The maximum absolute atomic E-state index is 12.5. The molecule has 0 amide bonds. The van der Waals surface area contributed by atoms with Crippen molar-refractivity contribution < 1.29 is 13.6 Å². The second-order valence-corrected chi connectivity index (χ2v) is 6.98. The lowest BCUT2D eigenvalue weighted by molar-refractivity contribution is 0.146. The fourth-order valence-corrected chi connectivity index (χ4v) is 3.31. The van der Waals surface area contributed by atoms with Crippen LogP contribution < -0.4 is 5.09 Å². The summed E-state index contributed by atoms with van der Waals surface area (Å²) in [6.07, 6.45) is -0.366. The van der Waals surface area contributed by atoms with E-state index in [2.05, 4.69) is 21.0 Å². The first-order valence-electron chi connectivity index (χ1n) is 5.81. The van der Waals surface area contributed by atoms with E-state index >= 15 is 0 Å². The molecule has 0 bridgehead atoms. The van der Waals surface area contributed by atoms with E-state index < -0.39 is 7.75 Å². The van der Waals surface area contributed by atoms with E-state index in [1.165, 1.54) is 0 Å². The van der Waals surface area contributed by atoms with Crippen LogP contribution >= 0.6 is 23.7 Å². The monoisotopic (exact) mass is 335 g/mol. The molecule has 0 saturated heterocycles. The number of benzene rings is 1. The third kappa shape index (κ3) is 5.53. The summed E-state index contributed by atoms with van der Waals surface area (Å²) in [5.74, 6) is 0. The molecule has 0 aliphatic rings. The van der Waals surface area contributed by atoms with Crippen molar-refractivity contribution in [2.75, 3.05) is 5.09 Å². The first-order chi connectivity index (χ1) is 8.31. The lowest BCUT2D eigenvalue weighted by atomic mass is 10.3. The predicted octanol–water partition coefficient (Wildman–Crippen LogP) is 4.82. The Hall–Kier alpha value is -0.350. The van der Waals surface area contributed by atoms with Gasteiger partial charge in [-0.25, -0.2) is 4.57 Å². The Morgan fingerprint density at radius 2 is 1.50 bits per heavy atom. The summed E-state index contributed by atoms with van der Waals surface area (Å²) in [5, 5.41) is 2.84. The van der Waals surface area contributed by atoms with Gasteiger partial charge < -0.3 is 0 Å². The Balaban J connectivity index is 2.84. The van der Waals surface area contributed by atoms with Gasteiger partial charge in [0.05, 0.1) is 12.2 Å². The number of hydrogen-bond donors (Lipinski definition) is 1. The van der Waals surface area contributed by atoms with Crippen LogP contribution in [0.2, 0.25) is 0 Å². The van der Waals surface area contributed by atoms with Crippen molar-refractivity contribution in [3.63, 3.8) is 0 Å². The third-order valence-corrected chi connectivity index (χ3v) is 4.27. The summed E-state index contributed by atoms with van der Waals surface area (Å²) < 4.78 is 24.3. The molecule has 1 aromatic carbocycles. The molecule has 18 heavy (non-hydrogen) atoms. The van der Waals surface area contributed by atoms with Gasteiger partial charge in [0, 0.05) is 10.2 Å². The molecule has 0 heterocycles. The number of hydrogen-bond acceptors (Lipinski definition) is 3. The molecule has 0 saturated carbocycles. The zero-order valence-corrected chi connectivity index (χ0v) is 13.5. The summed E-state index contributed by atoms with van der Waals surface area (Å²) in [6, 6.07) is 7.34. The average Bonchev–Trinajstić information content (AvgIpc) is 2.18. The molecule has 0 aromatic heterocycles. The Kier molecular flexibility index (Phi) is 5.86. The smallest absolute Gasteiger partial charge is 0.293 e. The molecular formula is C12H19BrNO3P. The highest BCUT2D eigenvalue weighted by molar-refractivity contribution is 9.10. The topological polar surface area (TPSA) is 47.6 Å². The lowest BCUT2D eigenvalue weighted by Crippen LogP contribution is -2.13. The molecule has 0 fully saturated rings. The molecule has 0 unspecified atom stereocenters. The highest BCUT2D eigenvalue weighted by Gasteiger charge is 2.27. The summed E-state index contributed by atoms with van der Waals surface area (Å²) in [7, 11) is -3.33. The molecular weight excluding hydrogens is 317 g/mol. The minimum Gasteiger partial charge on any atom is -0.293 e. The minimum atomic E-state index is -3.33. The van der Waals surface area contributed by atoms with Crippen LogP contribution in [0.3, 0.4) is 0 Å². The van der Waals surface area contributed by atoms with E-state index in [0.717, 1.165) is 4.47 Å². The van der Waals surface area contributed by atoms with E-state index in [1.54, 1.807) is 0 Å². The molecule has 1 N–H and O–H groups in total. The molecule has 0 spiro atoms. The van der Waals surface area contributed by atoms with E-state index in [1.807, 2.05) is 52.0 Å². The molecule has 6 heteroatoms. The van der Waals surface area contributed by atoms with Crippen molar-refractivity contribution in [1.82, 2.24) is 0 Å². The third-order valence-electron chi connectivity index (χ3n) is 1.81. The van der Waals surface area contributed by atoms with Crippen molar-refractivity contribution in [2.24, 2.45) is 0 Å². The summed E-state index contributed by atoms with van der Waals surface area (Å²) >= 11 is 3.35. The van der Waals surface area contributed by atoms with Gasteiger partial charge >= 0.3 is 7.75 Å². The Morgan fingerprint density at radius 3 is 1.89 bits per heavy atom. The van der Waals surface area contributed by atoms with E-state index in [-0.39, 0.29) is 12.2 Å². The van der Waals surface area contributed by atoms with Crippen LogP contribution in [0.4, 0.5) is 5.69 Å². The van der Waals surface area contributed by atoms with Crippen LogP contribution in [0.25, 0.3) is 0 Å². The first-order valence-corrected chi connectivity index (χ1v) is 8.15. The number of halogens is 1. The minimum absolute atomic E-state index is 0.183.